The van der Waals surface area contributed by atoms with Crippen molar-refractivity contribution in [1.29, 1.82) is 0 Å². The average Bonchev–Trinajstić information content (AvgIpc) is 3.52. The fourth-order valence-electron chi connectivity index (χ4n) is 6.02. The summed E-state index contributed by atoms with van der Waals surface area (Å²) < 4.78 is 45.2. The zero-order valence-corrected chi connectivity index (χ0v) is 26.6. The number of esters is 1. The van der Waals surface area contributed by atoms with Crippen LogP contribution in [-0.4, -0.2) is 34.9 Å². The molecule has 2 atom stereocenters. The third kappa shape index (κ3) is 7.50. The number of amides is 1. The number of thiazole rings is 1. The van der Waals surface area contributed by atoms with Crippen molar-refractivity contribution in [3.8, 4) is 0 Å². The van der Waals surface area contributed by atoms with Crippen molar-refractivity contribution in [2.24, 2.45) is 11.7 Å². The highest BCUT2D eigenvalue weighted by atomic mass is 32.1. The minimum atomic E-state index is -5.27. The van der Waals surface area contributed by atoms with Crippen LogP contribution in [-0.2, 0) is 20.9 Å². The monoisotopic (exact) mass is 674 g/mol. The molecule has 5 aromatic rings. The SMILES string of the molecule is NCc1ccc(C(NC(=O)C(OC(=O)C(F)(F)F)C2CCCCC2)C(=O)c2nc3ccc(Nc4ccc5ccccc5c4)cc3s2)cc1. The Bertz CT molecular complexity index is 1950. The molecule has 1 saturated carbocycles. The van der Waals surface area contributed by atoms with Gasteiger partial charge in [-0.05, 0) is 65.1 Å². The predicted octanol–water partition coefficient (Wildman–Crippen LogP) is 7.75. The predicted molar refractivity (Wildman–Crippen MR) is 179 cm³/mol. The van der Waals surface area contributed by atoms with Crippen molar-refractivity contribution in [3.05, 3.63) is 101 Å². The topological polar surface area (TPSA) is 123 Å². The van der Waals surface area contributed by atoms with E-state index in [2.05, 4.69) is 15.6 Å². The van der Waals surface area contributed by atoms with Crippen LogP contribution in [0.4, 0.5) is 24.5 Å². The van der Waals surface area contributed by atoms with Crippen LogP contribution in [0.3, 0.4) is 0 Å². The van der Waals surface area contributed by atoms with Gasteiger partial charge >= 0.3 is 12.1 Å². The summed E-state index contributed by atoms with van der Waals surface area (Å²) in [6.45, 7) is 0.246. The van der Waals surface area contributed by atoms with Gasteiger partial charge in [-0.2, -0.15) is 13.2 Å². The number of nitrogens with zero attached hydrogens (tertiary/aromatic N) is 1. The number of aromatic nitrogens is 1. The minimum Gasteiger partial charge on any atom is -0.445 e. The number of carbonyl (C=O) groups is 3. The van der Waals surface area contributed by atoms with Crippen LogP contribution in [0.5, 0.6) is 0 Å². The Hall–Kier alpha value is -4.81. The molecule has 1 amide bonds. The fraction of sp³-hybridized carbons (Fsp3) is 0.278. The molecule has 0 saturated heterocycles. The number of benzene rings is 4. The van der Waals surface area contributed by atoms with Gasteiger partial charge in [0.1, 0.15) is 6.04 Å². The van der Waals surface area contributed by atoms with E-state index in [1.807, 2.05) is 54.6 Å². The van der Waals surface area contributed by atoms with Gasteiger partial charge in [0.25, 0.3) is 5.91 Å². The number of carbonyl (C=O) groups excluding carboxylic acids is 3. The molecule has 0 bridgehead atoms. The molecule has 248 valence electrons. The number of nitrogens with two attached hydrogens (primary N) is 1. The molecule has 0 aliphatic heterocycles. The van der Waals surface area contributed by atoms with Gasteiger partial charge in [0.2, 0.25) is 5.78 Å². The van der Waals surface area contributed by atoms with E-state index in [-0.39, 0.29) is 11.6 Å². The Kier molecular flexibility index (Phi) is 9.74. The molecule has 4 aromatic carbocycles. The van der Waals surface area contributed by atoms with E-state index in [4.69, 9.17) is 10.5 Å². The molecule has 2 unspecified atom stereocenters. The Morgan fingerprint density at radius 2 is 1.58 bits per heavy atom. The normalized spacial score (nSPS) is 15.2. The molecular formula is C36H33F3N4O4S. The number of nitrogens with one attached hydrogen (secondary N) is 2. The smallest absolute Gasteiger partial charge is 0.445 e. The third-order valence-electron chi connectivity index (χ3n) is 8.54. The van der Waals surface area contributed by atoms with Crippen molar-refractivity contribution in [3.63, 3.8) is 0 Å². The van der Waals surface area contributed by atoms with Crippen molar-refractivity contribution in [2.45, 2.75) is 57.0 Å². The van der Waals surface area contributed by atoms with Crippen molar-refractivity contribution >= 4 is 61.4 Å². The largest absolute Gasteiger partial charge is 0.490 e. The first-order chi connectivity index (χ1) is 23.1. The number of ether oxygens (including phenoxy) is 1. The molecule has 6 rings (SSSR count). The second-order valence-electron chi connectivity index (χ2n) is 11.9. The van der Waals surface area contributed by atoms with E-state index in [9.17, 15) is 27.6 Å². The number of alkyl halides is 3. The lowest BCUT2D eigenvalue weighted by atomic mass is 9.84. The van der Waals surface area contributed by atoms with E-state index in [1.54, 1.807) is 30.3 Å². The molecule has 0 spiro atoms. The Balaban J connectivity index is 1.28. The molecule has 0 radical (unpaired) electrons. The highest BCUT2D eigenvalue weighted by Crippen LogP contribution is 2.33. The van der Waals surface area contributed by atoms with Gasteiger partial charge in [-0.1, -0.05) is 73.9 Å². The highest BCUT2D eigenvalue weighted by Gasteiger charge is 2.45. The van der Waals surface area contributed by atoms with E-state index >= 15 is 0 Å². The zero-order chi connectivity index (χ0) is 33.8. The van der Waals surface area contributed by atoms with Crippen LogP contribution in [0, 0.1) is 5.92 Å². The number of anilines is 2. The second kappa shape index (κ2) is 14.1. The lowest BCUT2D eigenvalue weighted by Gasteiger charge is -2.30. The number of hydrogen-bond donors (Lipinski definition) is 3. The summed E-state index contributed by atoms with van der Waals surface area (Å²) in [5.41, 5.74) is 9.14. The summed E-state index contributed by atoms with van der Waals surface area (Å²) in [6.07, 6.45) is -3.92. The second-order valence-corrected chi connectivity index (χ2v) is 12.9. The van der Waals surface area contributed by atoms with E-state index in [1.165, 1.54) is 0 Å². The van der Waals surface area contributed by atoms with Crippen molar-refractivity contribution < 1.29 is 32.3 Å². The maximum absolute atomic E-state index is 14.1. The molecule has 1 aliphatic carbocycles. The standard InChI is InChI=1S/C36H33F3N4O4S/c37-36(38,39)35(46)47-32(24-7-2-1-3-8-24)33(45)43-30(23-12-10-21(20-40)11-13-23)31(44)34-42-28-17-16-27(19-29(28)48-34)41-26-15-14-22-6-4-5-9-25(22)18-26/h4-6,9-19,24,30,32,41H,1-3,7-8,20,40H2,(H,43,45). The van der Waals surface area contributed by atoms with Gasteiger partial charge in [0.15, 0.2) is 11.1 Å². The number of hydrogen-bond acceptors (Lipinski definition) is 8. The van der Waals surface area contributed by atoms with Crippen LogP contribution in [0.2, 0.25) is 0 Å². The minimum absolute atomic E-state index is 0.0996. The highest BCUT2D eigenvalue weighted by molar-refractivity contribution is 7.20. The summed E-state index contributed by atoms with van der Waals surface area (Å²) in [5.74, 6) is -4.58. The summed E-state index contributed by atoms with van der Waals surface area (Å²) in [5, 5.41) is 8.30. The van der Waals surface area contributed by atoms with E-state index < -0.39 is 41.9 Å². The Labute approximate surface area is 278 Å². The maximum Gasteiger partial charge on any atom is 0.490 e. The van der Waals surface area contributed by atoms with Crippen LogP contribution >= 0.6 is 11.3 Å². The molecule has 1 aromatic heterocycles. The number of Topliss-reactive ketones (excluding diaryl/α,β-unsaturated/α-hetero) is 1. The van der Waals surface area contributed by atoms with Crippen LogP contribution < -0.4 is 16.4 Å². The van der Waals surface area contributed by atoms with Crippen LogP contribution in [0.15, 0.2) is 84.9 Å². The maximum atomic E-state index is 14.1. The number of fused-ring (bicyclic) bond motifs is 2. The number of ketones is 1. The Morgan fingerprint density at radius 1 is 0.896 bits per heavy atom. The molecule has 12 heteroatoms. The first kappa shape index (κ1) is 33.1. The van der Waals surface area contributed by atoms with Crippen molar-refractivity contribution in [1.82, 2.24) is 10.3 Å². The first-order valence-corrected chi connectivity index (χ1v) is 16.5. The van der Waals surface area contributed by atoms with E-state index in [0.29, 0.717) is 41.5 Å². The fourth-order valence-corrected chi connectivity index (χ4v) is 6.99. The van der Waals surface area contributed by atoms with Crippen LogP contribution in [0.25, 0.3) is 21.0 Å². The summed E-state index contributed by atoms with van der Waals surface area (Å²) in [7, 11) is 0. The van der Waals surface area contributed by atoms with Gasteiger partial charge in [-0.3, -0.25) is 9.59 Å². The number of halogens is 3. The number of rotatable bonds is 10. The summed E-state index contributed by atoms with van der Waals surface area (Å²) >= 11 is 1.13. The Morgan fingerprint density at radius 3 is 2.29 bits per heavy atom. The van der Waals surface area contributed by atoms with Gasteiger partial charge in [-0.15, -0.1) is 11.3 Å². The van der Waals surface area contributed by atoms with Crippen LogP contribution in [0.1, 0.15) is 59.1 Å². The summed E-state index contributed by atoms with van der Waals surface area (Å²) in [4.78, 5) is 44.2. The van der Waals surface area contributed by atoms with Crippen molar-refractivity contribution in [2.75, 3.05) is 5.32 Å². The average molecular weight is 675 g/mol. The molecule has 4 N–H and O–H groups in total. The quantitative estimate of drug-likeness (QED) is 0.102. The van der Waals surface area contributed by atoms with Gasteiger partial charge < -0.3 is 21.1 Å². The van der Waals surface area contributed by atoms with E-state index in [0.717, 1.165) is 45.5 Å². The first-order valence-electron chi connectivity index (χ1n) is 15.7. The van der Waals surface area contributed by atoms with Gasteiger partial charge in [-0.25, -0.2) is 9.78 Å². The molecule has 8 nitrogen and oxygen atoms in total. The lowest BCUT2D eigenvalue weighted by Crippen LogP contribution is -2.47. The lowest BCUT2D eigenvalue weighted by molar-refractivity contribution is -0.208. The molecule has 1 heterocycles. The molecule has 48 heavy (non-hydrogen) atoms. The van der Waals surface area contributed by atoms with Gasteiger partial charge in [0, 0.05) is 23.8 Å². The molecule has 1 aliphatic rings. The van der Waals surface area contributed by atoms with Gasteiger partial charge in [0.05, 0.1) is 10.2 Å². The molecule has 1 fully saturated rings. The summed E-state index contributed by atoms with van der Waals surface area (Å²) in [6, 6.07) is 24.9. The third-order valence-corrected chi connectivity index (χ3v) is 9.57. The zero-order valence-electron chi connectivity index (χ0n) is 25.8. The molecular weight excluding hydrogens is 641 g/mol.